The molecule has 1 N–H and O–H groups in total. The van der Waals surface area contributed by atoms with Gasteiger partial charge in [0.25, 0.3) is 0 Å². The van der Waals surface area contributed by atoms with E-state index in [9.17, 15) is 13.2 Å². The quantitative estimate of drug-likeness (QED) is 0.858. The summed E-state index contributed by atoms with van der Waals surface area (Å²) in [4.78, 5) is 0. The Hall–Kier alpha value is -1.48. The van der Waals surface area contributed by atoms with Crippen LogP contribution in [0.15, 0.2) is 12.4 Å². The number of alkyl halides is 3. The number of hydrogen-bond acceptors (Lipinski definition) is 5. The molecule has 2 rings (SSSR count). The SMILES string of the molecule is CCCNCc1nnc(-n2cc(C(F)(F)F)cn2)s1. The fourth-order valence-electron chi connectivity index (χ4n) is 1.35. The first-order valence-corrected chi connectivity index (χ1v) is 6.47. The van der Waals surface area contributed by atoms with Gasteiger partial charge in [-0.25, -0.2) is 4.68 Å². The second-order valence-corrected chi connectivity index (χ2v) is 4.87. The van der Waals surface area contributed by atoms with Crippen LogP contribution in [-0.2, 0) is 12.7 Å². The lowest BCUT2D eigenvalue weighted by Crippen LogP contribution is -2.13. The molecule has 9 heteroatoms. The first-order chi connectivity index (χ1) is 9.00. The predicted molar refractivity (Wildman–Crippen MR) is 64.0 cm³/mol. The molecule has 0 spiro atoms. The Morgan fingerprint density at radius 3 is 2.79 bits per heavy atom. The van der Waals surface area contributed by atoms with E-state index in [0.29, 0.717) is 16.7 Å². The van der Waals surface area contributed by atoms with Crippen molar-refractivity contribution in [2.45, 2.75) is 26.1 Å². The van der Waals surface area contributed by atoms with Crippen LogP contribution in [0.1, 0.15) is 23.9 Å². The van der Waals surface area contributed by atoms with Crippen LogP contribution in [0.5, 0.6) is 0 Å². The molecule has 104 valence electrons. The van der Waals surface area contributed by atoms with Crippen LogP contribution in [0.2, 0.25) is 0 Å². The summed E-state index contributed by atoms with van der Waals surface area (Å²) in [6, 6.07) is 0. The Balaban J connectivity index is 2.08. The summed E-state index contributed by atoms with van der Waals surface area (Å²) in [6.45, 7) is 3.45. The van der Waals surface area contributed by atoms with Crippen LogP contribution in [0, 0.1) is 0 Å². The van der Waals surface area contributed by atoms with Gasteiger partial charge in [0.2, 0.25) is 5.13 Å². The highest BCUT2D eigenvalue weighted by molar-refractivity contribution is 7.13. The average molecular weight is 291 g/mol. The molecule has 2 aromatic rings. The van der Waals surface area contributed by atoms with Crippen molar-refractivity contribution in [1.29, 1.82) is 0 Å². The third-order valence-electron chi connectivity index (χ3n) is 2.27. The van der Waals surface area contributed by atoms with Gasteiger partial charge in [-0.3, -0.25) is 0 Å². The van der Waals surface area contributed by atoms with E-state index in [1.807, 2.05) is 6.92 Å². The second-order valence-electron chi connectivity index (χ2n) is 3.83. The van der Waals surface area contributed by atoms with E-state index >= 15 is 0 Å². The monoisotopic (exact) mass is 291 g/mol. The second kappa shape index (κ2) is 5.66. The molecule has 0 aliphatic rings. The van der Waals surface area contributed by atoms with E-state index in [2.05, 4.69) is 20.6 Å². The standard InChI is InChI=1S/C10H12F3N5S/c1-2-3-14-5-8-16-17-9(19-8)18-6-7(4-15-18)10(11,12)13/h4,6,14H,2-3,5H2,1H3. The highest BCUT2D eigenvalue weighted by atomic mass is 32.1. The van der Waals surface area contributed by atoms with Crippen molar-refractivity contribution in [2.24, 2.45) is 0 Å². The fraction of sp³-hybridized carbons (Fsp3) is 0.500. The smallest absolute Gasteiger partial charge is 0.310 e. The molecular formula is C10H12F3N5S. The van der Waals surface area contributed by atoms with Gasteiger partial charge in [-0.1, -0.05) is 18.3 Å². The van der Waals surface area contributed by atoms with Gasteiger partial charge >= 0.3 is 6.18 Å². The van der Waals surface area contributed by atoms with Crippen LogP contribution in [-0.4, -0.2) is 26.5 Å². The van der Waals surface area contributed by atoms with E-state index < -0.39 is 11.7 Å². The molecule has 0 fully saturated rings. The number of hydrogen-bond donors (Lipinski definition) is 1. The van der Waals surface area contributed by atoms with Crippen molar-refractivity contribution in [3.8, 4) is 5.13 Å². The third-order valence-corrected chi connectivity index (χ3v) is 3.18. The Kier molecular flexibility index (Phi) is 4.15. The first-order valence-electron chi connectivity index (χ1n) is 5.66. The van der Waals surface area contributed by atoms with E-state index in [1.54, 1.807) is 0 Å². The van der Waals surface area contributed by atoms with Crippen LogP contribution >= 0.6 is 11.3 Å². The molecule has 0 unspecified atom stereocenters. The molecule has 0 bridgehead atoms. The minimum atomic E-state index is -4.39. The summed E-state index contributed by atoms with van der Waals surface area (Å²) < 4.78 is 38.4. The summed E-state index contributed by atoms with van der Waals surface area (Å²) in [6.07, 6.45) is -1.71. The minimum Gasteiger partial charge on any atom is -0.310 e. The molecule has 0 saturated heterocycles. The molecule has 5 nitrogen and oxygen atoms in total. The van der Waals surface area contributed by atoms with Gasteiger partial charge in [0.1, 0.15) is 5.01 Å². The van der Waals surface area contributed by atoms with E-state index in [0.717, 1.165) is 30.0 Å². The van der Waals surface area contributed by atoms with Gasteiger partial charge < -0.3 is 5.32 Å². The summed E-state index contributed by atoms with van der Waals surface area (Å²) in [5.74, 6) is 0. The summed E-state index contributed by atoms with van der Waals surface area (Å²) in [5.41, 5.74) is -0.798. The zero-order valence-electron chi connectivity index (χ0n) is 10.1. The maximum atomic E-state index is 12.4. The van der Waals surface area contributed by atoms with Crippen LogP contribution in [0.25, 0.3) is 5.13 Å². The highest BCUT2D eigenvalue weighted by Gasteiger charge is 2.32. The molecule has 19 heavy (non-hydrogen) atoms. The lowest BCUT2D eigenvalue weighted by atomic mass is 10.4. The van der Waals surface area contributed by atoms with Gasteiger partial charge in [0, 0.05) is 12.7 Å². The Labute approximate surface area is 111 Å². The Morgan fingerprint density at radius 1 is 1.37 bits per heavy atom. The summed E-state index contributed by atoms with van der Waals surface area (Å²) >= 11 is 1.21. The number of nitrogens with zero attached hydrogens (tertiary/aromatic N) is 4. The van der Waals surface area contributed by atoms with Crippen LogP contribution < -0.4 is 5.32 Å². The maximum Gasteiger partial charge on any atom is 0.419 e. The molecule has 0 aliphatic carbocycles. The summed E-state index contributed by atoms with van der Waals surface area (Å²) in [7, 11) is 0. The van der Waals surface area contributed by atoms with Crippen molar-refractivity contribution in [3.05, 3.63) is 23.0 Å². The largest absolute Gasteiger partial charge is 0.419 e. The van der Waals surface area contributed by atoms with Gasteiger partial charge in [0.15, 0.2) is 0 Å². The van der Waals surface area contributed by atoms with Crippen molar-refractivity contribution >= 4 is 11.3 Å². The van der Waals surface area contributed by atoms with Crippen molar-refractivity contribution in [1.82, 2.24) is 25.3 Å². The van der Waals surface area contributed by atoms with Gasteiger partial charge in [-0.05, 0) is 13.0 Å². The van der Waals surface area contributed by atoms with Crippen molar-refractivity contribution in [2.75, 3.05) is 6.54 Å². The van der Waals surface area contributed by atoms with Crippen LogP contribution in [0.4, 0.5) is 13.2 Å². The lowest BCUT2D eigenvalue weighted by molar-refractivity contribution is -0.137. The van der Waals surface area contributed by atoms with Crippen molar-refractivity contribution < 1.29 is 13.2 Å². The van der Waals surface area contributed by atoms with E-state index in [4.69, 9.17) is 0 Å². The Bertz CT molecular complexity index is 533. The first kappa shape index (κ1) is 13.9. The number of nitrogens with one attached hydrogen (secondary N) is 1. The van der Waals surface area contributed by atoms with Crippen LogP contribution in [0.3, 0.4) is 0 Å². The molecule has 2 aromatic heterocycles. The molecule has 0 aliphatic heterocycles. The molecule has 0 saturated carbocycles. The van der Waals surface area contributed by atoms with Gasteiger partial charge in [0.05, 0.1) is 11.8 Å². The molecule has 0 atom stereocenters. The van der Waals surface area contributed by atoms with Gasteiger partial charge in [-0.15, -0.1) is 10.2 Å². The number of rotatable bonds is 5. The molecule has 2 heterocycles. The van der Waals surface area contributed by atoms with E-state index in [-0.39, 0.29) is 0 Å². The summed E-state index contributed by atoms with van der Waals surface area (Å²) in [5, 5.41) is 15.6. The molecular weight excluding hydrogens is 279 g/mol. The predicted octanol–water partition coefficient (Wildman–Crippen LogP) is 2.24. The zero-order valence-corrected chi connectivity index (χ0v) is 10.9. The van der Waals surface area contributed by atoms with Gasteiger partial charge in [-0.2, -0.15) is 18.3 Å². The molecule has 0 radical (unpaired) electrons. The molecule has 0 aromatic carbocycles. The third kappa shape index (κ3) is 3.51. The minimum absolute atomic E-state index is 0.323. The Morgan fingerprint density at radius 2 is 2.16 bits per heavy atom. The normalized spacial score (nSPS) is 12.0. The lowest BCUT2D eigenvalue weighted by Gasteiger charge is -1.99. The number of halogens is 3. The maximum absolute atomic E-state index is 12.4. The number of aromatic nitrogens is 4. The fourth-order valence-corrected chi connectivity index (χ4v) is 2.10. The zero-order chi connectivity index (χ0) is 13.9. The van der Waals surface area contributed by atoms with Crippen molar-refractivity contribution in [3.63, 3.8) is 0 Å². The average Bonchev–Trinajstić information content (AvgIpc) is 2.96. The topological polar surface area (TPSA) is 55.6 Å². The highest BCUT2D eigenvalue weighted by Crippen LogP contribution is 2.29. The molecule has 0 amide bonds. The van der Waals surface area contributed by atoms with E-state index in [1.165, 1.54) is 11.3 Å².